The van der Waals surface area contributed by atoms with Gasteiger partial charge in [0, 0.05) is 17.6 Å². The summed E-state index contributed by atoms with van der Waals surface area (Å²) in [4.78, 5) is 17.1. The molecule has 138 valence electrons. The SMILES string of the molecule is Cc1cc(C)n(-c2ccc(C(=O)NC3CCCc4cc(N)ccc43)cn2)n1. The zero-order valence-electron chi connectivity index (χ0n) is 15.6. The van der Waals surface area contributed by atoms with Gasteiger partial charge in [0.2, 0.25) is 0 Å². The molecule has 1 atom stereocenters. The average Bonchev–Trinajstić information content (AvgIpc) is 3.00. The minimum Gasteiger partial charge on any atom is -0.399 e. The van der Waals surface area contributed by atoms with Crippen LogP contribution in [0.4, 0.5) is 5.69 Å². The number of nitrogens with zero attached hydrogens (tertiary/aromatic N) is 3. The Balaban J connectivity index is 1.52. The van der Waals surface area contributed by atoms with Gasteiger partial charge in [0.15, 0.2) is 5.82 Å². The number of carbonyl (C=O) groups excluding carboxylic acids is 1. The summed E-state index contributed by atoms with van der Waals surface area (Å²) in [5.74, 6) is 0.590. The lowest BCUT2D eigenvalue weighted by Gasteiger charge is -2.26. The fourth-order valence-electron chi connectivity index (χ4n) is 3.73. The number of fused-ring (bicyclic) bond motifs is 1. The molecule has 6 heteroatoms. The highest BCUT2D eigenvalue weighted by Gasteiger charge is 2.22. The highest BCUT2D eigenvalue weighted by Crippen LogP contribution is 2.31. The van der Waals surface area contributed by atoms with E-state index < -0.39 is 0 Å². The fourth-order valence-corrected chi connectivity index (χ4v) is 3.73. The van der Waals surface area contributed by atoms with E-state index in [1.54, 1.807) is 16.9 Å². The van der Waals surface area contributed by atoms with Crippen molar-refractivity contribution in [2.75, 3.05) is 5.73 Å². The first kappa shape index (κ1) is 17.3. The molecule has 3 aromatic rings. The van der Waals surface area contributed by atoms with Crippen LogP contribution in [0.15, 0.2) is 42.6 Å². The molecular formula is C21H23N5O. The number of nitrogens with one attached hydrogen (secondary N) is 1. The molecule has 1 aromatic carbocycles. The largest absolute Gasteiger partial charge is 0.399 e. The highest BCUT2D eigenvalue weighted by molar-refractivity contribution is 5.94. The summed E-state index contributed by atoms with van der Waals surface area (Å²) in [5, 5.41) is 7.57. The maximum Gasteiger partial charge on any atom is 0.253 e. The number of hydrogen-bond acceptors (Lipinski definition) is 4. The third-order valence-corrected chi connectivity index (χ3v) is 5.02. The predicted octanol–water partition coefficient (Wildman–Crippen LogP) is 3.27. The lowest BCUT2D eigenvalue weighted by Crippen LogP contribution is -2.31. The summed E-state index contributed by atoms with van der Waals surface area (Å²) in [6.07, 6.45) is 4.58. The number of hydrogen-bond donors (Lipinski definition) is 2. The van der Waals surface area contributed by atoms with Crippen LogP contribution in [0.5, 0.6) is 0 Å². The van der Waals surface area contributed by atoms with Gasteiger partial charge in [-0.2, -0.15) is 5.10 Å². The van der Waals surface area contributed by atoms with Gasteiger partial charge in [-0.15, -0.1) is 0 Å². The molecule has 4 rings (SSSR count). The molecule has 6 nitrogen and oxygen atoms in total. The number of aryl methyl sites for hydroxylation is 3. The Labute approximate surface area is 158 Å². The Kier molecular flexibility index (Phi) is 4.39. The Morgan fingerprint density at radius 3 is 2.78 bits per heavy atom. The zero-order valence-corrected chi connectivity index (χ0v) is 15.6. The van der Waals surface area contributed by atoms with E-state index in [1.165, 1.54) is 5.56 Å². The van der Waals surface area contributed by atoms with E-state index in [2.05, 4.69) is 15.4 Å². The number of pyridine rings is 1. The Morgan fingerprint density at radius 1 is 1.22 bits per heavy atom. The normalized spacial score (nSPS) is 16.0. The molecule has 2 heterocycles. The van der Waals surface area contributed by atoms with Crippen LogP contribution in [0.2, 0.25) is 0 Å². The van der Waals surface area contributed by atoms with Crippen LogP contribution in [0.1, 0.15) is 51.8 Å². The number of rotatable bonds is 3. The van der Waals surface area contributed by atoms with Gasteiger partial charge in [0.25, 0.3) is 5.91 Å². The van der Waals surface area contributed by atoms with Crippen molar-refractivity contribution in [3.63, 3.8) is 0 Å². The van der Waals surface area contributed by atoms with Crippen LogP contribution < -0.4 is 11.1 Å². The Bertz CT molecular complexity index is 990. The Hall–Kier alpha value is -3.15. The molecule has 1 aliphatic rings. The van der Waals surface area contributed by atoms with Crippen LogP contribution in [-0.4, -0.2) is 20.7 Å². The third-order valence-electron chi connectivity index (χ3n) is 5.02. The minimum absolute atomic E-state index is 0.0116. The van der Waals surface area contributed by atoms with Crippen molar-refractivity contribution >= 4 is 11.6 Å². The van der Waals surface area contributed by atoms with Crippen molar-refractivity contribution in [3.05, 3.63) is 70.7 Å². The topological polar surface area (TPSA) is 85.8 Å². The molecule has 0 radical (unpaired) electrons. The number of nitrogen functional groups attached to an aromatic ring is 1. The number of nitrogens with two attached hydrogens (primary N) is 1. The van der Waals surface area contributed by atoms with Gasteiger partial charge < -0.3 is 11.1 Å². The van der Waals surface area contributed by atoms with Gasteiger partial charge in [-0.25, -0.2) is 9.67 Å². The number of anilines is 1. The zero-order chi connectivity index (χ0) is 19.0. The molecule has 0 saturated carbocycles. The number of benzene rings is 1. The van der Waals surface area contributed by atoms with Crippen LogP contribution in [0.3, 0.4) is 0 Å². The molecule has 0 bridgehead atoms. The van der Waals surface area contributed by atoms with Crippen molar-refractivity contribution in [3.8, 4) is 5.82 Å². The standard InChI is InChI=1S/C21H23N5O/c1-13-10-14(2)26(25-13)20-9-6-16(12-23-20)21(27)24-19-5-3-4-15-11-17(22)7-8-18(15)19/h6-12,19H,3-5,22H2,1-2H3,(H,24,27). The molecule has 27 heavy (non-hydrogen) atoms. The van der Waals surface area contributed by atoms with Crippen LogP contribution >= 0.6 is 0 Å². The van der Waals surface area contributed by atoms with Crippen molar-refractivity contribution in [1.82, 2.24) is 20.1 Å². The highest BCUT2D eigenvalue weighted by atomic mass is 16.1. The summed E-state index contributed by atoms with van der Waals surface area (Å²) < 4.78 is 1.78. The van der Waals surface area contributed by atoms with Crippen LogP contribution in [-0.2, 0) is 6.42 Å². The monoisotopic (exact) mass is 361 g/mol. The van der Waals surface area contributed by atoms with Gasteiger partial charge in [-0.1, -0.05) is 6.07 Å². The van der Waals surface area contributed by atoms with Gasteiger partial charge in [-0.3, -0.25) is 4.79 Å². The van der Waals surface area contributed by atoms with E-state index >= 15 is 0 Å². The molecular weight excluding hydrogens is 338 g/mol. The minimum atomic E-state index is -0.114. The number of carbonyl (C=O) groups is 1. The number of amides is 1. The van der Waals surface area contributed by atoms with E-state index in [0.717, 1.165) is 41.9 Å². The maximum atomic E-state index is 12.7. The van der Waals surface area contributed by atoms with E-state index in [4.69, 9.17) is 5.73 Å². The second-order valence-electron chi connectivity index (χ2n) is 7.12. The molecule has 3 N–H and O–H groups in total. The second-order valence-corrected chi connectivity index (χ2v) is 7.12. The fraction of sp³-hybridized carbons (Fsp3) is 0.286. The first-order valence-corrected chi connectivity index (χ1v) is 9.20. The first-order valence-electron chi connectivity index (χ1n) is 9.20. The van der Waals surface area contributed by atoms with Gasteiger partial charge in [0.05, 0.1) is 17.3 Å². The maximum absolute atomic E-state index is 12.7. The quantitative estimate of drug-likeness (QED) is 0.701. The van der Waals surface area contributed by atoms with Gasteiger partial charge in [0.1, 0.15) is 0 Å². The molecule has 0 spiro atoms. The molecule has 1 amide bonds. The summed E-state index contributed by atoms with van der Waals surface area (Å²) in [7, 11) is 0. The molecule has 0 saturated heterocycles. The van der Waals surface area contributed by atoms with Gasteiger partial charge >= 0.3 is 0 Å². The predicted molar refractivity (Wildman–Crippen MR) is 105 cm³/mol. The third kappa shape index (κ3) is 3.43. The van der Waals surface area contributed by atoms with E-state index in [9.17, 15) is 4.79 Å². The van der Waals surface area contributed by atoms with Gasteiger partial charge in [-0.05, 0) is 74.6 Å². The average molecular weight is 361 g/mol. The lowest BCUT2D eigenvalue weighted by atomic mass is 9.87. The first-order chi connectivity index (χ1) is 13.0. The second kappa shape index (κ2) is 6.87. The van der Waals surface area contributed by atoms with E-state index in [1.807, 2.05) is 44.2 Å². The molecule has 2 aromatic heterocycles. The Morgan fingerprint density at radius 2 is 2.07 bits per heavy atom. The van der Waals surface area contributed by atoms with Crippen molar-refractivity contribution < 1.29 is 4.79 Å². The van der Waals surface area contributed by atoms with Crippen molar-refractivity contribution in [1.29, 1.82) is 0 Å². The smallest absolute Gasteiger partial charge is 0.253 e. The molecule has 1 aliphatic carbocycles. The van der Waals surface area contributed by atoms with Crippen molar-refractivity contribution in [2.45, 2.75) is 39.2 Å². The van der Waals surface area contributed by atoms with E-state index in [0.29, 0.717) is 11.4 Å². The lowest BCUT2D eigenvalue weighted by molar-refractivity contribution is 0.0932. The molecule has 1 unspecified atom stereocenters. The number of aromatic nitrogens is 3. The van der Waals surface area contributed by atoms with Crippen molar-refractivity contribution in [2.24, 2.45) is 0 Å². The molecule has 0 aliphatic heterocycles. The molecule has 0 fully saturated rings. The van der Waals surface area contributed by atoms with Crippen LogP contribution in [0.25, 0.3) is 5.82 Å². The summed E-state index contributed by atoms with van der Waals surface area (Å²) in [5.41, 5.74) is 11.5. The van der Waals surface area contributed by atoms with E-state index in [-0.39, 0.29) is 11.9 Å². The summed E-state index contributed by atoms with van der Waals surface area (Å²) in [6, 6.07) is 11.6. The summed E-state index contributed by atoms with van der Waals surface area (Å²) >= 11 is 0. The van der Waals surface area contributed by atoms with Crippen LogP contribution in [0, 0.1) is 13.8 Å². The summed E-state index contributed by atoms with van der Waals surface area (Å²) in [6.45, 7) is 3.93.